The Kier molecular flexibility index (Phi) is 8.14. The van der Waals surface area contributed by atoms with Crippen LogP contribution in [0.3, 0.4) is 0 Å². The van der Waals surface area contributed by atoms with Crippen molar-refractivity contribution in [2.24, 2.45) is 0 Å². The van der Waals surface area contributed by atoms with Gasteiger partial charge < -0.3 is 24.2 Å². The Morgan fingerprint density at radius 2 is 1.19 bits per heavy atom. The summed E-state index contributed by atoms with van der Waals surface area (Å²) in [5.41, 5.74) is 1.41. The van der Waals surface area contributed by atoms with E-state index >= 15 is 0 Å². The third-order valence-electron chi connectivity index (χ3n) is 5.54. The van der Waals surface area contributed by atoms with Gasteiger partial charge in [-0.15, -0.1) is 0 Å². The van der Waals surface area contributed by atoms with Crippen molar-refractivity contribution in [3.8, 4) is 17.2 Å². The number of nitrogens with zero attached hydrogens (tertiary/aromatic N) is 1. The number of aliphatic hydroxyl groups is 1. The second-order valence-corrected chi connectivity index (χ2v) is 8.14. The summed E-state index contributed by atoms with van der Waals surface area (Å²) in [5.74, 6) is 2.34. The summed E-state index contributed by atoms with van der Waals surface area (Å²) in [7, 11) is 7.39. The normalized spacial score (nSPS) is 12.9. The van der Waals surface area contributed by atoms with Crippen molar-refractivity contribution < 1.29 is 19.3 Å². The molecule has 5 heteroatoms. The van der Waals surface area contributed by atoms with Crippen molar-refractivity contribution in [3.63, 3.8) is 0 Å². The van der Waals surface area contributed by atoms with E-state index in [0.29, 0.717) is 13.0 Å². The van der Waals surface area contributed by atoms with Gasteiger partial charge in [0, 0.05) is 13.0 Å². The molecule has 5 nitrogen and oxygen atoms in total. The highest BCUT2D eigenvalue weighted by molar-refractivity contribution is 5.43. The van der Waals surface area contributed by atoms with E-state index in [9.17, 15) is 5.11 Å². The van der Waals surface area contributed by atoms with Crippen LogP contribution in [-0.4, -0.2) is 51.5 Å². The molecule has 0 saturated carbocycles. The molecule has 0 radical (unpaired) electrons. The fraction of sp³-hybridized carbons (Fsp3) is 0.333. The standard InChI is InChI=1S/C27H33NO4/c1-28(2)18-5-19-32-26-16-10-23(11-17-26)27(29,22-8-14-25(31-4)15-9-22)20-21-6-12-24(30-3)13-7-21/h6-17,29H,5,18-20H2,1-4H3/t27-/m0/s1. The lowest BCUT2D eigenvalue weighted by molar-refractivity contribution is 0.0810. The average molecular weight is 436 g/mol. The number of methoxy groups -OCH3 is 2. The molecular formula is C27H33NO4. The van der Waals surface area contributed by atoms with Gasteiger partial charge in [-0.25, -0.2) is 0 Å². The summed E-state index contributed by atoms with van der Waals surface area (Å²) >= 11 is 0. The number of hydrogen-bond donors (Lipinski definition) is 1. The molecule has 32 heavy (non-hydrogen) atoms. The highest BCUT2D eigenvalue weighted by Gasteiger charge is 2.32. The third-order valence-corrected chi connectivity index (χ3v) is 5.54. The first-order chi connectivity index (χ1) is 15.4. The molecule has 0 spiro atoms. The van der Waals surface area contributed by atoms with Crippen LogP contribution in [-0.2, 0) is 12.0 Å². The summed E-state index contributed by atoms with van der Waals surface area (Å²) in [6.07, 6.45) is 1.38. The second kappa shape index (κ2) is 11.0. The van der Waals surface area contributed by atoms with Crippen LogP contribution in [0.5, 0.6) is 17.2 Å². The van der Waals surface area contributed by atoms with Crippen molar-refractivity contribution in [1.82, 2.24) is 4.90 Å². The molecule has 0 fully saturated rings. The lowest BCUT2D eigenvalue weighted by Gasteiger charge is -2.30. The SMILES string of the molecule is COc1ccc(C[C@](O)(c2ccc(OC)cc2)c2ccc(OCCCN(C)C)cc2)cc1. The molecule has 0 unspecified atom stereocenters. The molecule has 0 aliphatic rings. The van der Waals surface area contributed by atoms with E-state index in [4.69, 9.17) is 14.2 Å². The van der Waals surface area contributed by atoms with E-state index in [0.717, 1.165) is 46.9 Å². The fourth-order valence-electron chi connectivity index (χ4n) is 3.67. The molecule has 0 aromatic heterocycles. The highest BCUT2D eigenvalue weighted by Crippen LogP contribution is 2.35. The average Bonchev–Trinajstić information content (AvgIpc) is 2.82. The van der Waals surface area contributed by atoms with E-state index in [1.54, 1.807) is 14.2 Å². The van der Waals surface area contributed by atoms with Gasteiger partial charge in [-0.3, -0.25) is 0 Å². The quantitative estimate of drug-likeness (QED) is 0.449. The first-order valence-corrected chi connectivity index (χ1v) is 10.8. The smallest absolute Gasteiger partial charge is 0.119 e. The minimum Gasteiger partial charge on any atom is -0.497 e. The van der Waals surface area contributed by atoms with Crippen LogP contribution in [0.15, 0.2) is 72.8 Å². The van der Waals surface area contributed by atoms with Gasteiger partial charge in [0.15, 0.2) is 0 Å². The summed E-state index contributed by atoms with van der Waals surface area (Å²) in [6.45, 7) is 1.64. The Hall–Kier alpha value is -3.02. The van der Waals surface area contributed by atoms with E-state index in [1.165, 1.54) is 0 Å². The number of benzene rings is 3. The van der Waals surface area contributed by atoms with E-state index in [2.05, 4.69) is 19.0 Å². The van der Waals surface area contributed by atoms with Crippen LogP contribution in [0.1, 0.15) is 23.1 Å². The molecule has 1 atom stereocenters. The molecule has 170 valence electrons. The Morgan fingerprint density at radius 3 is 1.66 bits per heavy atom. The minimum atomic E-state index is -1.20. The first-order valence-electron chi connectivity index (χ1n) is 10.8. The zero-order valence-corrected chi connectivity index (χ0v) is 19.4. The van der Waals surface area contributed by atoms with Crippen LogP contribution in [0.25, 0.3) is 0 Å². The van der Waals surface area contributed by atoms with Crippen molar-refractivity contribution >= 4 is 0 Å². The summed E-state index contributed by atoms with van der Waals surface area (Å²) in [6, 6.07) is 23.1. The molecular weight excluding hydrogens is 402 g/mol. The largest absolute Gasteiger partial charge is 0.497 e. The predicted molar refractivity (Wildman–Crippen MR) is 128 cm³/mol. The lowest BCUT2D eigenvalue weighted by atomic mass is 9.81. The zero-order chi connectivity index (χ0) is 23.0. The lowest BCUT2D eigenvalue weighted by Crippen LogP contribution is -2.30. The number of hydrogen-bond acceptors (Lipinski definition) is 5. The maximum absolute atomic E-state index is 11.9. The Labute approximate surface area is 191 Å². The number of rotatable bonds is 11. The van der Waals surface area contributed by atoms with E-state index < -0.39 is 5.60 Å². The molecule has 0 aliphatic carbocycles. The molecule has 0 heterocycles. The summed E-state index contributed by atoms with van der Waals surface area (Å²) in [5, 5.41) is 11.9. The molecule has 3 aromatic rings. The van der Waals surface area contributed by atoms with Gasteiger partial charge in [-0.2, -0.15) is 0 Å². The summed E-state index contributed by atoms with van der Waals surface area (Å²) < 4.78 is 16.4. The monoisotopic (exact) mass is 435 g/mol. The van der Waals surface area contributed by atoms with Gasteiger partial charge in [-0.1, -0.05) is 36.4 Å². The predicted octanol–water partition coefficient (Wildman–Crippen LogP) is 4.51. The van der Waals surface area contributed by atoms with Crippen LogP contribution in [0, 0.1) is 0 Å². The fourth-order valence-corrected chi connectivity index (χ4v) is 3.67. The van der Waals surface area contributed by atoms with Gasteiger partial charge in [0.2, 0.25) is 0 Å². The highest BCUT2D eigenvalue weighted by atomic mass is 16.5. The van der Waals surface area contributed by atoms with Gasteiger partial charge in [0.25, 0.3) is 0 Å². The van der Waals surface area contributed by atoms with Crippen molar-refractivity contribution in [2.45, 2.75) is 18.4 Å². The van der Waals surface area contributed by atoms with E-state index in [1.807, 2.05) is 72.8 Å². The zero-order valence-electron chi connectivity index (χ0n) is 19.4. The van der Waals surface area contributed by atoms with Gasteiger partial charge in [0.1, 0.15) is 22.8 Å². The molecule has 3 aromatic carbocycles. The van der Waals surface area contributed by atoms with Crippen molar-refractivity contribution in [2.75, 3.05) is 41.5 Å². The molecule has 3 rings (SSSR count). The Bertz CT molecular complexity index is 952. The van der Waals surface area contributed by atoms with Crippen LogP contribution >= 0.6 is 0 Å². The molecule has 0 aliphatic heterocycles. The van der Waals surface area contributed by atoms with Gasteiger partial charge in [-0.05, 0) is 73.6 Å². The first kappa shape index (κ1) is 23.6. The Balaban J connectivity index is 1.85. The van der Waals surface area contributed by atoms with Crippen LogP contribution in [0.4, 0.5) is 0 Å². The van der Waals surface area contributed by atoms with Crippen molar-refractivity contribution in [1.29, 1.82) is 0 Å². The van der Waals surface area contributed by atoms with Gasteiger partial charge in [0.05, 0.1) is 20.8 Å². The second-order valence-electron chi connectivity index (χ2n) is 8.14. The van der Waals surface area contributed by atoms with Gasteiger partial charge >= 0.3 is 0 Å². The van der Waals surface area contributed by atoms with Crippen LogP contribution < -0.4 is 14.2 Å². The number of ether oxygens (including phenoxy) is 3. The molecule has 1 N–H and O–H groups in total. The maximum Gasteiger partial charge on any atom is 0.119 e. The van der Waals surface area contributed by atoms with Crippen LogP contribution in [0.2, 0.25) is 0 Å². The summed E-state index contributed by atoms with van der Waals surface area (Å²) in [4.78, 5) is 2.14. The molecule has 0 saturated heterocycles. The Morgan fingerprint density at radius 1 is 0.719 bits per heavy atom. The molecule has 0 amide bonds. The van der Waals surface area contributed by atoms with Crippen molar-refractivity contribution in [3.05, 3.63) is 89.5 Å². The molecule has 0 bridgehead atoms. The topological polar surface area (TPSA) is 51.2 Å². The maximum atomic E-state index is 11.9. The van der Waals surface area contributed by atoms with E-state index in [-0.39, 0.29) is 0 Å². The minimum absolute atomic E-state index is 0.423. The third kappa shape index (κ3) is 6.02.